The van der Waals surface area contributed by atoms with Crippen LogP contribution in [0.25, 0.3) is 0 Å². The molecule has 0 fully saturated rings. The molecular weight excluding hydrogens is 238 g/mol. The molecule has 1 amide bonds. The number of aryl methyl sites for hydroxylation is 1. The summed E-state index contributed by atoms with van der Waals surface area (Å²) < 4.78 is 0. The zero-order valence-electron chi connectivity index (χ0n) is 12.6. The number of carbonyl (C=O) groups excluding carboxylic acids is 1. The van der Waals surface area contributed by atoms with E-state index in [1.165, 1.54) is 5.56 Å². The van der Waals surface area contributed by atoms with Crippen LogP contribution in [-0.2, 0) is 10.2 Å². The molecule has 0 aliphatic carbocycles. The van der Waals surface area contributed by atoms with Gasteiger partial charge in [-0.05, 0) is 49.3 Å². The van der Waals surface area contributed by atoms with Gasteiger partial charge in [0.05, 0.1) is 5.41 Å². The van der Waals surface area contributed by atoms with Gasteiger partial charge in [-0.15, -0.1) is 0 Å². The van der Waals surface area contributed by atoms with Crippen molar-refractivity contribution in [3.05, 3.63) is 34.9 Å². The largest absolute Gasteiger partial charge is 0.289 e. The first-order valence-electron chi connectivity index (χ1n) is 6.90. The van der Waals surface area contributed by atoms with Crippen LogP contribution in [0.1, 0.15) is 50.3 Å². The molecule has 1 aromatic carbocycles. The molecular formula is C16H25NO2. The lowest BCUT2D eigenvalue weighted by atomic mass is 9.70. The smallest absolute Gasteiger partial charge is 0.253 e. The summed E-state index contributed by atoms with van der Waals surface area (Å²) in [7, 11) is 0. The Balaban J connectivity index is 3.45. The Labute approximate surface area is 116 Å². The highest BCUT2D eigenvalue weighted by Crippen LogP contribution is 2.37. The molecule has 0 aromatic heterocycles. The Hall–Kier alpha value is -1.35. The third-order valence-electron chi connectivity index (χ3n) is 4.02. The molecule has 0 bridgehead atoms. The Morgan fingerprint density at radius 3 is 2.47 bits per heavy atom. The van der Waals surface area contributed by atoms with Gasteiger partial charge in [0.15, 0.2) is 0 Å². The summed E-state index contributed by atoms with van der Waals surface area (Å²) in [4.78, 5) is 12.3. The number of nitrogens with one attached hydrogen (secondary N) is 1. The molecule has 0 aliphatic heterocycles. The molecule has 106 valence electrons. The van der Waals surface area contributed by atoms with E-state index < -0.39 is 5.41 Å². The third-order valence-corrected chi connectivity index (χ3v) is 4.02. The number of hydroxylamine groups is 1. The molecule has 0 spiro atoms. The molecule has 0 aliphatic rings. The van der Waals surface area contributed by atoms with Crippen molar-refractivity contribution in [1.29, 1.82) is 0 Å². The van der Waals surface area contributed by atoms with Crippen molar-refractivity contribution in [1.82, 2.24) is 5.48 Å². The standard InChI is InChI=1S/C16H25NO2/c1-6-16(10-11(2)3,15(18)17-19)14-9-7-8-12(4)13(14)5/h7-9,11,19H,6,10H2,1-5H3,(H,17,18). The van der Waals surface area contributed by atoms with Crippen molar-refractivity contribution in [2.24, 2.45) is 5.92 Å². The fourth-order valence-corrected chi connectivity index (χ4v) is 2.89. The summed E-state index contributed by atoms with van der Waals surface area (Å²) in [5.74, 6) is 0.0644. The van der Waals surface area contributed by atoms with Crippen molar-refractivity contribution < 1.29 is 10.0 Å². The molecule has 3 nitrogen and oxygen atoms in total. The van der Waals surface area contributed by atoms with Gasteiger partial charge in [-0.3, -0.25) is 10.0 Å². The minimum atomic E-state index is -0.654. The van der Waals surface area contributed by atoms with Gasteiger partial charge >= 0.3 is 0 Å². The average Bonchev–Trinajstić information content (AvgIpc) is 2.38. The topological polar surface area (TPSA) is 49.3 Å². The predicted molar refractivity (Wildman–Crippen MR) is 77.3 cm³/mol. The highest BCUT2D eigenvalue weighted by Gasteiger charge is 2.40. The van der Waals surface area contributed by atoms with Crippen LogP contribution < -0.4 is 5.48 Å². The summed E-state index contributed by atoms with van der Waals surface area (Å²) in [5.41, 5.74) is 4.54. The Kier molecular flexibility index (Phi) is 5.12. The monoisotopic (exact) mass is 263 g/mol. The molecule has 19 heavy (non-hydrogen) atoms. The summed E-state index contributed by atoms with van der Waals surface area (Å²) in [6.07, 6.45) is 1.39. The average molecular weight is 263 g/mol. The minimum Gasteiger partial charge on any atom is -0.289 e. The Morgan fingerprint density at radius 2 is 2.00 bits per heavy atom. The first-order valence-corrected chi connectivity index (χ1v) is 6.90. The second-order valence-corrected chi connectivity index (χ2v) is 5.72. The number of carbonyl (C=O) groups is 1. The molecule has 0 saturated heterocycles. The normalized spacial score (nSPS) is 14.3. The van der Waals surface area contributed by atoms with Crippen molar-refractivity contribution in [2.75, 3.05) is 0 Å². The summed E-state index contributed by atoms with van der Waals surface area (Å²) >= 11 is 0. The first-order chi connectivity index (χ1) is 8.89. The molecule has 0 radical (unpaired) electrons. The van der Waals surface area contributed by atoms with Crippen LogP contribution in [0.2, 0.25) is 0 Å². The van der Waals surface area contributed by atoms with E-state index in [1.807, 2.05) is 44.5 Å². The Bertz CT molecular complexity index is 454. The van der Waals surface area contributed by atoms with Gasteiger partial charge in [0.25, 0.3) is 5.91 Å². The van der Waals surface area contributed by atoms with E-state index in [9.17, 15) is 4.79 Å². The van der Waals surface area contributed by atoms with Gasteiger partial charge in [-0.1, -0.05) is 39.0 Å². The summed E-state index contributed by atoms with van der Waals surface area (Å²) in [6, 6.07) is 6.03. The zero-order chi connectivity index (χ0) is 14.6. The first kappa shape index (κ1) is 15.7. The van der Waals surface area contributed by atoms with Crippen molar-refractivity contribution in [3.63, 3.8) is 0 Å². The number of amides is 1. The number of rotatable bonds is 5. The van der Waals surface area contributed by atoms with Crippen molar-refractivity contribution in [3.8, 4) is 0 Å². The van der Waals surface area contributed by atoms with E-state index >= 15 is 0 Å². The van der Waals surface area contributed by atoms with E-state index in [0.29, 0.717) is 12.3 Å². The number of benzene rings is 1. The van der Waals surface area contributed by atoms with Crippen molar-refractivity contribution in [2.45, 2.75) is 52.9 Å². The van der Waals surface area contributed by atoms with E-state index in [0.717, 1.165) is 17.5 Å². The van der Waals surface area contributed by atoms with Crippen LogP contribution in [0.15, 0.2) is 18.2 Å². The van der Waals surface area contributed by atoms with Gasteiger partial charge in [0.1, 0.15) is 0 Å². The SMILES string of the molecule is CCC(CC(C)C)(C(=O)NO)c1cccc(C)c1C. The number of hydrogen-bond acceptors (Lipinski definition) is 2. The van der Waals surface area contributed by atoms with Crippen LogP contribution >= 0.6 is 0 Å². The molecule has 0 saturated carbocycles. The molecule has 1 rings (SSSR count). The lowest BCUT2D eigenvalue weighted by molar-refractivity contribution is -0.136. The maximum absolute atomic E-state index is 12.3. The highest BCUT2D eigenvalue weighted by molar-refractivity contribution is 5.87. The minimum absolute atomic E-state index is 0.308. The highest BCUT2D eigenvalue weighted by atomic mass is 16.5. The van der Waals surface area contributed by atoms with Gasteiger partial charge in [-0.25, -0.2) is 5.48 Å². The summed E-state index contributed by atoms with van der Waals surface area (Å²) in [5, 5.41) is 9.14. The summed E-state index contributed by atoms with van der Waals surface area (Å²) in [6.45, 7) is 10.3. The van der Waals surface area contributed by atoms with Crippen LogP contribution in [0.4, 0.5) is 0 Å². The third kappa shape index (κ3) is 2.98. The van der Waals surface area contributed by atoms with Crippen LogP contribution in [0.3, 0.4) is 0 Å². The Morgan fingerprint density at radius 1 is 1.37 bits per heavy atom. The van der Waals surface area contributed by atoms with Gasteiger partial charge < -0.3 is 0 Å². The molecule has 0 heterocycles. The maximum atomic E-state index is 12.3. The molecule has 1 aromatic rings. The van der Waals surface area contributed by atoms with Gasteiger partial charge in [-0.2, -0.15) is 0 Å². The molecule has 3 heteroatoms. The van der Waals surface area contributed by atoms with Gasteiger partial charge in [0.2, 0.25) is 0 Å². The second-order valence-electron chi connectivity index (χ2n) is 5.72. The quantitative estimate of drug-likeness (QED) is 0.631. The van der Waals surface area contributed by atoms with Gasteiger partial charge in [0, 0.05) is 0 Å². The van der Waals surface area contributed by atoms with Crippen molar-refractivity contribution >= 4 is 5.91 Å². The lowest BCUT2D eigenvalue weighted by Crippen LogP contribution is -2.44. The maximum Gasteiger partial charge on any atom is 0.253 e. The fourth-order valence-electron chi connectivity index (χ4n) is 2.89. The second kappa shape index (κ2) is 6.20. The van der Waals surface area contributed by atoms with Crippen LogP contribution in [0.5, 0.6) is 0 Å². The van der Waals surface area contributed by atoms with E-state index in [4.69, 9.17) is 5.21 Å². The molecule has 2 N–H and O–H groups in total. The van der Waals surface area contributed by atoms with E-state index in [1.54, 1.807) is 0 Å². The zero-order valence-corrected chi connectivity index (χ0v) is 12.6. The number of hydrogen-bond donors (Lipinski definition) is 2. The lowest BCUT2D eigenvalue weighted by Gasteiger charge is -2.34. The van der Waals surface area contributed by atoms with E-state index in [2.05, 4.69) is 13.8 Å². The fraction of sp³-hybridized carbons (Fsp3) is 0.562. The molecule has 1 unspecified atom stereocenters. The van der Waals surface area contributed by atoms with E-state index in [-0.39, 0.29) is 5.91 Å². The van der Waals surface area contributed by atoms with Crippen LogP contribution in [0, 0.1) is 19.8 Å². The molecule has 1 atom stereocenters. The predicted octanol–water partition coefficient (Wildman–Crippen LogP) is 3.50. The van der Waals surface area contributed by atoms with Crippen LogP contribution in [-0.4, -0.2) is 11.1 Å².